The number of ether oxygens (including phenoxy) is 1. The van der Waals surface area contributed by atoms with E-state index in [2.05, 4.69) is 18.8 Å². The van der Waals surface area contributed by atoms with Crippen LogP contribution in [-0.2, 0) is 0 Å². The van der Waals surface area contributed by atoms with Gasteiger partial charge in [0.05, 0.1) is 11.6 Å². The van der Waals surface area contributed by atoms with Crippen molar-refractivity contribution >= 4 is 11.6 Å². The summed E-state index contributed by atoms with van der Waals surface area (Å²) in [6, 6.07) is 1.91. The first kappa shape index (κ1) is 10.3. The Kier molecular flexibility index (Phi) is 3.55. The second-order valence-electron chi connectivity index (χ2n) is 3.14. The van der Waals surface area contributed by atoms with Crippen molar-refractivity contribution < 1.29 is 4.74 Å². The van der Waals surface area contributed by atoms with Crippen molar-refractivity contribution in [2.45, 2.75) is 26.7 Å². The molecule has 1 aromatic heterocycles. The fourth-order valence-corrected chi connectivity index (χ4v) is 1.28. The van der Waals surface area contributed by atoms with Crippen LogP contribution in [0.25, 0.3) is 0 Å². The topological polar surface area (TPSA) is 22.1 Å². The van der Waals surface area contributed by atoms with Crippen molar-refractivity contribution in [3.05, 3.63) is 22.8 Å². The molecule has 3 heteroatoms. The van der Waals surface area contributed by atoms with Gasteiger partial charge in [-0.25, -0.2) is 4.98 Å². The Morgan fingerprint density at radius 2 is 2.23 bits per heavy atom. The Morgan fingerprint density at radius 1 is 1.54 bits per heavy atom. The summed E-state index contributed by atoms with van der Waals surface area (Å²) in [5, 5.41) is 0.659. The Bertz CT molecular complexity index is 286. The van der Waals surface area contributed by atoms with Gasteiger partial charge in [-0.05, 0) is 18.9 Å². The summed E-state index contributed by atoms with van der Waals surface area (Å²) in [5.41, 5.74) is 1.06. The highest BCUT2D eigenvalue weighted by Gasteiger charge is 2.09. The Balaban J connectivity index is 3.03. The minimum absolute atomic E-state index is 0.382. The molecule has 0 aliphatic rings. The first-order valence-corrected chi connectivity index (χ1v) is 4.81. The van der Waals surface area contributed by atoms with E-state index in [1.54, 1.807) is 6.20 Å². The molecule has 0 aromatic carbocycles. The first-order valence-electron chi connectivity index (χ1n) is 4.43. The molecule has 0 aliphatic heterocycles. The van der Waals surface area contributed by atoms with Crippen LogP contribution < -0.4 is 4.74 Å². The smallest absolute Gasteiger partial charge is 0.216 e. The van der Waals surface area contributed by atoms with Crippen molar-refractivity contribution in [3.8, 4) is 5.88 Å². The molecule has 0 N–H and O–H groups in total. The quantitative estimate of drug-likeness (QED) is 0.746. The second-order valence-corrected chi connectivity index (χ2v) is 3.57. The lowest BCUT2D eigenvalue weighted by atomic mass is 10.1. The largest absolute Gasteiger partial charge is 0.478 e. The lowest BCUT2D eigenvalue weighted by molar-refractivity contribution is 0.321. The fraction of sp³-hybridized carbons (Fsp3) is 0.500. The molecule has 0 unspecified atom stereocenters. The summed E-state index contributed by atoms with van der Waals surface area (Å²) < 4.78 is 5.38. The van der Waals surface area contributed by atoms with E-state index < -0.39 is 0 Å². The third-order valence-corrected chi connectivity index (χ3v) is 1.96. The van der Waals surface area contributed by atoms with Gasteiger partial charge < -0.3 is 4.74 Å². The van der Waals surface area contributed by atoms with Crippen LogP contribution in [0.4, 0.5) is 0 Å². The molecule has 0 fully saturated rings. The molecule has 0 aliphatic carbocycles. The lowest BCUT2D eigenvalue weighted by Crippen LogP contribution is -2.00. The molecular formula is C10H14ClNO. The monoisotopic (exact) mass is 199 g/mol. The Hall–Kier alpha value is -0.760. The van der Waals surface area contributed by atoms with Gasteiger partial charge in [0.2, 0.25) is 5.88 Å². The van der Waals surface area contributed by atoms with Gasteiger partial charge in [-0.2, -0.15) is 0 Å². The lowest BCUT2D eigenvalue weighted by Gasteiger charge is -2.11. The number of aromatic nitrogens is 1. The summed E-state index contributed by atoms with van der Waals surface area (Å²) >= 11 is 5.84. The summed E-state index contributed by atoms with van der Waals surface area (Å²) in [6.45, 7) is 6.76. The predicted octanol–water partition coefficient (Wildman–Crippen LogP) is 3.26. The van der Waals surface area contributed by atoms with E-state index in [0.717, 1.165) is 5.56 Å². The van der Waals surface area contributed by atoms with Crippen molar-refractivity contribution in [1.29, 1.82) is 0 Å². The number of halogens is 1. The summed E-state index contributed by atoms with van der Waals surface area (Å²) in [5.74, 6) is 1.08. The van der Waals surface area contributed by atoms with Crippen LogP contribution in [0.1, 0.15) is 32.3 Å². The molecule has 1 rings (SSSR count). The van der Waals surface area contributed by atoms with Gasteiger partial charge in [-0.1, -0.05) is 25.4 Å². The second kappa shape index (κ2) is 4.47. The number of hydrogen-bond acceptors (Lipinski definition) is 2. The van der Waals surface area contributed by atoms with Crippen molar-refractivity contribution in [2.75, 3.05) is 6.61 Å². The molecule has 2 nitrogen and oxygen atoms in total. The molecule has 0 saturated carbocycles. The summed E-state index contributed by atoms with van der Waals surface area (Å²) in [4.78, 5) is 4.14. The maximum absolute atomic E-state index is 5.84. The Morgan fingerprint density at radius 3 is 2.77 bits per heavy atom. The third-order valence-electron chi connectivity index (χ3n) is 1.75. The summed E-state index contributed by atoms with van der Waals surface area (Å²) in [6.07, 6.45) is 1.61. The number of pyridine rings is 1. The van der Waals surface area contributed by atoms with Gasteiger partial charge in [-0.15, -0.1) is 0 Å². The van der Waals surface area contributed by atoms with E-state index in [-0.39, 0.29) is 0 Å². The van der Waals surface area contributed by atoms with Gasteiger partial charge >= 0.3 is 0 Å². The van der Waals surface area contributed by atoms with Crippen LogP contribution in [-0.4, -0.2) is 11.6 Å². The van der Waals surface area contributed by atoms with Crippen LogP contribution in [0.3, 0.4) is 0 Å². The number of nitrogens with zero attached hydrogens (tertiary/aromatic N) is 1. The van der Waals surface area contributed by atoms with Gasteiger partial charge in [0.25, 0.3) is 0 Å². The third kappa shape index (κ3) is 2.59. The van der Waals surface area contributed by atoms with Crippen molar-refractivity contribution in [3.63, 3.8) is 0 Å². The van der Waals surface area contributed by atoms with Crippen molar-refractivity contribution in [1.82, 2.24) is 4.98 Å². The van der Waals surface area contributed by atoms with Crippen LogP contribution in [0.5, 0.6) is 5.88 Å². The Labute approximate surface area is 83.9 Å². The SMILES string of the molecule is CCOc1ncc(Cl)cc1C(C)C. The highest BCUT2D eigenvalue weighted by Crippen LogP contribution is 2.26. The molecule has 13 heavy (non-hydrogen) atoms. The zero-order valence-electron chi connectivity index (χ0n) is 8.17. The highest BCUT2D eigenvalue weighted by molar-refractivity contribution is 6.30. The molecule has 0 bridgehead atoms. The maximum atomic E-state index is 5.84. The molecule has 1 aromatic rings. The zero-order chi connectivity index (χ0) is 9.84. The molecule has 72 valence electrons. The molecule has 0 amide bonds. The van der Waals surface area contributed by atoms with E-state index >= 15 is 0 Å². The summed E-state index contributed by atoms with van der Waals surface area (Å²) in [7, 11) is 0. The van der Waals surface area contributed by atoms with Gasteiger partial charge in [0.1, 0.15) is 0 Å². The van der Waals surface area contributed by atoms with Crippen LogP contribution in [0, 0.1) is 0 Å². The minimum Gasteiger partial charge on any atom is -0.478 e. The van der Waals surface area contributed by atoms with Crippen LogP contribution in [0.2, 0.25) is 5.02 Å². The van der Waals surface area contributed by atoms with Crippen LogP contribution >= 0.6 is 11.6 Å². The fourth-order valence-electron chi connectivity index (χ4n) is 1.11. The average Bonchev–Trinajstić information content (AvgIpc) is 2.08. The number of hydrogen-bond donors (Lipinski definition) is 0. The minimum atomic E-state index is 0.382. The van der Waals surface area contributed by atoms with Crippen LogP contribution in [0.15, 0.2) is 12.3 Å². The van der Waals surface area contributed by atoms with Gasteiger partial charge in [0.15, 0.2) is 0 Å². The molecule has 0 spiro atoms. The molecule has 0 radical (unpaired) electrons. The standard InChI is InChI=1S/C10H14ClNO/c1-4-13-10-9(7(2)3)5-8(11)6-12-10/h5-7H,4H2,1-3H3. The maximum Gasteiger partial charge on any atom is 0.216 e. The highest BCUT2D eigenvalue weighted by atomic mass is 35.5. The molecule has 1 heterocycles. The zero-order valence-corrected chi connectivity index (χ0v) is 8.93. The average molecular weight is 200 g/mol. The van der Waals surface area contributed by atoms with E-state index in [0.29, 0.717) is 23.4 Å². The van der Waals surface area contributed by atoms with Gasteiger partial charge in [-0.3, -0.25) is 0 Å². The molecular weight excluding hydrogens is 186 g/mol. The predicted molar refractivity (Wildman–Crippen MR) is 54.5 cm³/mol. The van der Waals surface area contributed by atoms with E-state index in [4.69, 9.17) is 16.3 Å². The normalized spacial score (nSPS) is 10.5. The number of rotatable bonds is 3. The molecule has 0 saturated heterocycles. The van der Waals surface area contributed by atoms with E-state index in [1.165, 1.54) is 0 Å². The van der Waals surface area contributed by atoms with E-state index in [1.807, 2.05) is 13.0 Å². The first-order chi connectivity index (χ1) is 6.15. The molecule has 0 atom stereocenters. The van der Waals surface area contributed by atoms with E-state index in [9.17, 15) is 0 Å². The van der Waals surface area contributed by atoms with Gasteiger partial charge in [0, 0.05) is 11.8 Å². The van der Waals surface area contributed by atoms with Crippen molar-refractivity contribution in [2.24, 2.45) is 0 Å².